The molecule has 0 saturated carbocycles. The summed E-state index contributed by atoms with van der Waals surface area (Å²) in [6.45, 7) is 4.00. The second kappa shape index (κ2) is 4.58. The van der Waals surface area contributed by atoms with Crippen molar-refractivity contribution in [2.45, 2.75) is 19.9 Å². The Hall–Kier alpha value is -1.82. The molecule has 0 aliphatic carbocycles. The van der Waals surface area contributed by atoms with Gasteiger partial charge >= 0.3 is 0 Å². The number of carbonyl (C=O) groups is 1. The first-order valence-corrected chi connectivity index (χ1v) is 6.15. The van der Waals surface area contributed by atoms with Crippen molar-refractivity contribution in [2.75, 3.05) is 11.1 Å². The largest absolute Gasteiger partial charge is 0.397 e. The molecule has 3 N–H and O–H groups in total. The second-order valence-electron chi connectivity index (χ2n) is 3.91. The fourth-order valence-electron chi connectivity index (χ4n) is 1.50. The van der Waals surface area contributed by atoms with Crippen LogP contribution in [0.2, 0.25) is 0 Å². The lowest BCUT2D eigenvalue weighted by molar-refractivity contribution is 0.103. The average Bonchev–Trinajstić information content (AvgIpc) is 2.86. The maximum absolute atomic E-state index is 11.9. The van der Waals surface area contributed by atoms with Gasteiger partial charge in [0.2, 0.25) is 0 Å². The fraction of sp³-hybridized carbons (Fsp3) is 0.273. The predicted molar refractivity (Wildman–Crippen MR) is 69.3 cm³/mol. The maximum Gasteiger partial charge on any atom is 0.268 e. The molecule has 2 aromatic heterocycles. The molecule has 0 aliphatic heterocycles. The van der Waals surface area contributed by atoms with E-state index in [1.165, 1.54) is 11.3 Å². The molecule has 0 aliphatic rings. The molecule has 0 bridgehead atoms. The van der Waals surface area contributed by atoms with Crippen molar-refractivity contribution in [1.82, 2.24) is 9.78 Å². The van der Waals surface area contributed by atoms with E-state index in [0.29, 0.717) is 16.4 Å². The molecule has 0 fully saturated rings. The Morgan fingerprint density at radius 2 is 2.29 bits per heavy atom. The van der Waals surface area contributed by atoms with Crippen molar-refractivity contribution in [1.29, 1.82) is 0 Å². The summed E-state index contributed by atoms with van der Waals surface area (Å²) in [6, 6.07) is 3.68. The lowest BCUT2D eigenvalue weighted by Crippen LogP contribution is -2.16. The molecule has 90 valence electrons. The molecular weight excluding hydrogens is 236 g/mol. The highest BCUT2D eigenvalue weighted by molar-refractivity contribution is 7.12. The van der Waals surface area contributed by atoms with Crippen molar-refractivity contribution >= 4 is 28.7 Å². The lowest BCUT2D eigenvalue weighted by atomic mass is 10.3. The summed E-state index contributed by atoms with van der Waals surface area (Å²) >= 11 is 1.33. The molecule has 0 spiro atoms. The summed E-state index contributed by atoms with van der Waals surface area (Å²) < 4.78 is 1.75. The van der Waals surface area contributed by atoms with Crippen LogP contribution in [0.4, 0.5) is 11.5 Å². The van der Waals surface area contributed by atoms with Crippen LogP contribution in [-0.4, -0.2) is 15.7 Å². The Bertz CT molecular complexity index is 529. The molecule has 2 rings (SSSR count). The molecule has 5 nitrogen and oxygen atoms in total. The molecule has 0 aromatic carbocycles. The molecule has 6 heteroatoms. The number of amides is 1. The summed E-state index contributed by atoms with van der Waals surface area (Å²) in [5.41, 5.74) is 6.20. The van der Waals surface area contributed by atoms with E-state index >= 15 is 0 Å². The zero-order chi connectivity index (χ0) is 12.4. The molecule has 17 heavy (non-hydrogen) atoms. The third-order valence-electron chi connectivity index (χ3n) is 2.30. The lowest BCUT2D eigenvalue weighted by Gasteiger charge is -2.11. The third kappa shape index (κ3) is 2.31. The van der Waals surface area contributed by atoms with Crippen molar-refractivity contribution < 1.29 is 4.79 Å². The third-order valence-corrected chi connectivity index (χ3v) is 3.23. The van der Waals surface area contributed by atoms with Gasteiger partial charge in [-0.25, -0.2) is 4.68 Å². The van der Waals surface area contributed by atoms with Crippen LogP contribution in [-0.2, 0) is 0 Å². The minimum Gasteiger partial charge on any atom is -0.397 e. The summed E-state index contributed by atoms with van der Waals surface area (Å²) in [4.78, 5) is 12.5. The van der Waals surface area contributed by atoms with E-state index in [0.717, 1.165) is 0 Å². The van der Waals surface area contributed by atoms with Crippen LogP contribution in [0, 0.1) is 0 Å². The number of nitrogens with one attached hydrogen (secondary N) is 1. The summed E-state index contributed by atoms with van der Waals surface area (Å²) in [7, 11) is 0. The van der Waals surface area contributed by atoms with Crippen LogP contribution in [0.1, 0.15) is 29.6 Å². The van der Waals surface area contributed by atoms with Crippen molar-refractivity contribution in [3.05, 3.63) is 28.6 Å². The molecule has 0 atom stereocenters. The zero-order valence-corrected chi connectivity index (χ0v) is 10.5. The highest BCUT2D eigenvalue weighted by Gasteiger charge is 2.14. The quantitative estimate of drug-likeness (QED) is 0.878. The predicted octanol–water partition coefficient (Wildman–Crippen LogP) is 2.36. The monoisotopic (exact) mass is 250 g/mol. The summed E-state index contributed by atoms with van der Waals surface area (Å²) in [5, 5.41) is 8.75. The van der Waals surface area contributed by atoms with Gasteiger partial charge in [0, 0.05) is 12.1 Å². The van der Waals surface area contributed by atoms with E-state index in [1.54, 1.807) is 28.4 Å². The topological polar surface area (TPSA) is 72.9 Å². The molecule has 2 aromatic rings. The van der Waals surface area contributed by atoms with E-state index in [4.69, 9.17) is 5.73 Å². The Kier molecular flexibility index (Phi) is 3.14. The van der Waals surface area contributed by atoms with Crippen molar-refractivity contribution in [2.24, 2.45) is 0 Å². The van der Waals surface area contributed by atoms with E-state index < -0.39 is 0 Å². The van der Waals surface area contributed by atoms with Gasteiger partial charge < -0.3 is 11.1 Å². The van der Waals surface area contributed by atoms with Gasteiger partial charge in [-0.1, -0.05) is 0 Å². The van der Waals surface area contributed by atoms with Crippen LogP contribution in [0.25, 0.3) is 0 Å². The number of aromatic nitrogens is 2. The van der Waals surface area contributed by atoms with Gasteiger partial charge in [0.05, 0.1) is 11.9 Å². The number of thiophene rings is 1. The highest BCUT2D eigenvalue weighted by Crippen LogP contribution is 2.21. The molecular formula is C11H14N4OS. The molecule has 0 radical (unpaired) electrons. The van der Waals surface area contributed by atoms with Crippen LogP contribution < -0.4 is 11.1 Å². The van der Waals surface area contributed by atoms with E-state index in [9.17, 15) is 4.79 Å². The number of hydrogen-bond acceptors (Lipinski definition) is 4. The Labute approximate surface area is 103 Å². The van der Waals surface area contributed by atoms with E-state index in [1.807, 2.05) is 13.8 Å². The minimum absolute atomic E-state index is 0.195. The van der Waals surface area contributed by atoms with Gasteiger partial charge in [-0.05, 0) is 25.3 Å². The number of nitrogens with zero attached hydrogens (tertiary/aromatic N) is 2. The first-order chi connectivity index (χ1) is 8.09. The number of nitrogens with two attached hydrogens (primary N) is 1. The van der Waals surface area contributed by atoms with Gasteiger partial charge in [-0.15, -0.1) is 11.3 Å². The van der Waals surface area contributed by atoms with Gasteiger partial charge in [0.1, 0.15) is 10.7 Å². The number of anilines is 2. The average molecular weight is 250 g/mol. The van der Waals surface area contributed by atoms with Gasteiger partial charge in [-0.2, -0.15) is 5.10 Å². The van der Waals surface area contributed by atoms with Gasteiger partial charge in [-0.3, -0.25) is 4.79 Å². The van der Waals surface area contributed by atoms with Gasteiger partial charge in [0.25, 0.3) is 5.91 Å². The molecule has 2 heterocycles. The Morgan fingerprint density at radius 3 is 2.88 bits per heavy atom. The van der Waals surface area contributed by atoms with Crippen LogP contribution in [0.15, 0.2) is 23.7 Å². The Balaban J connectivity index is 2.19. The first-order valence-electron chi connectivity index (χ1n) is 5.27. The van der Waals surface area contributed by atoms with E-state index in [2.05, 4.69) is 10.4 Å². The summed E-state index contributed by atoms with van der Waals surface area (Å²) in [5.74, 6) is 0.484. The standard InChI is InChI=1S/C11H14N4OS/c1-7(2)15-9(3-5-13-15)14-11(16)10-8(12)4-6-17-10/h3-7H,12H2,1-2H3,(H,14,16). The number of carbonyl (C=O) groups excluding carboxylic acids is 1. The highest BCUT2D eigenvalue weighted by atomic mass is 32.1. The molecule has 0 saturated heterocycles. The van der Waals surface area contributed by atoms with E-state index in [-0.39, 0.29) is 11.9 Å². The number of nitrogen functional groups attached to an aromatic ring is 1. The number of rotatable bonds is 3. The smallest absolute Gasteiger partial charge is 0.268 e. The maximum atomic E-state index is 11.9. The number of hydrogen-bond donors (Lipinski definition) is 2. The van der Waals surface area contributed by atoms with Crippen LogP contribution >= 0.6 is 11.3 Å². The second-order valence-corrected chi connectivity index (χ2v) is 4.83. The first kappa shape index (κ1) is 11.7. The SMILES string of the molecule is CC(C)n1nccc1NC(=O)c1sccc1N. The van der Waals surface area contributed by atoms with Gasteiger partial charge in [0.15, 0.2) is 0 Å². The molecule has 1 amide bonds. The summed E-state index contributed by atoms with van der Waals surface area (Å²) in [6.07, 6.45) is 1.66. The van der Waals surface area contributed by atoms with Crippen LogP contribution in [0.5, 0.6) is 0 Å². The molecule has 0 unspecified atom stereocenters. The normalized spacial score (nSPS) is 10.8. The van der Waals surface area contributed by atoms with Crippen LogP contribution in [0.3, 0.4) is 0 Å². The van der Waals surface area contributed by atoms with Crippen molar-refractivity contribution in [3.8, 4) is 0 Å². The Morgan fingerprint density at radius 1 is 1.53 bits per heavy atom. The minimum atomic E-state index is -0.195. The zero-order valence-electron chi connectivity index (χ0n) is 9.68. The van der Waals surface area contributed by atoms with Crippen molar-refractivity contribution in [3.63, 3.8) is 0 Å². The fourth-order valence-corrected chi connectivity index (χ4v) is 2.21.